The average molecular weight is 424 g/mol. The van der Waals surface area contributed by atoms with Gasteiger partial charge in [0.05, 0.1) is 28.1 Å². The smallest absolute Gasteiger partial charge is 0.267 e. The molecule has 2 aromatic carbocycles. The summed E-state index contributed by atoms with van der Waals surface area (Å²) in [5, 5.41) is 0.441. The van der Waals surface area contributed by atoms with Gasteiger partial charge in [0.1, 0.15) is 11.6 Å². The summed E-state index contributed by atoms with van der Waals surface area (Å²) >= 11 is 0. The summed E-state index contributed by atoms with van der Waals surface area (Å²) in [5.41, 5.74) is 1.67. The summed E-state index contributed by atoms with van der Waals surface area (Å²) in [7, 11) is 0. The van der Waals surface area contributed by atoms with E-state index in [-0.39, 0.29) is 17.4 Å². The maximum absolute atomic E-state index is 13.6. The quantitative estimate of drug-likeness (QED) is 0.465. The first kappa shape index (κ1) is 19.8. The molecule has 0 N–H and O–H groups in total. The molecule has 0 unspecified atom stereocenters. The lowest BCUT2D eigenvalue weighted by molar-refractivity contribution is 0.0568. The number of benzene rings is 2. The predicted molar refractivity (Wildman–Crippen MR) is 120 cm³/mol. The SMILES string of the molecule is CC[C@H](c1nc2ccccc2c(=O)n1-c1cccc(C)n1)N1C(=O)c2ccccc2C1=O. The van der Waals surface area contributed by atoms with Crippen molar-refractivity contribution >= 4 is 22.7 Å². The molecule has 2 aromatic heterocycles. The van der Waals surface area contributed by atoms with Gasteiger partial charge in [0.2, 0.25) is 0 Å². The Balaban J connectivity index is 1.78. The highest BCUT2D eigenvalue weighted by Crippen LogP contribution is 2.33. The largest absolute Gasteiger partial charge is 0.269 e. The summed E-state index contributed by atoms with van der Waals surface area (Å²) in [6.07, 6.45) is 0.391. The van der Waals surface area contributed by atoms with Crippen LogP contribution in [0.3, 0.4) is 0 Å². The lowest BCUT2D eigenvalue weighted by atomic mass is 10.1. The monoisotopic (exact) mass is 424 g/mol. The third-order valence-electron chi connectivity index (χ3n) is 5.73. The molecule has 1 aliphatic rings. The van der Waals surface area contributed by atoms with E-state index in [2.05, 4.69) is 4.98 Å². The van der Waals surface area contributed by atoms with Gasteiger partial charge in [-0.2, -0.15) is 0 Å². The minimum atomic E-state index is -0.734. The fraction of sp³-hybridized carbons (Fsp3) is 0.160. The highest BCUT2D eigenvalue weighted by Gasteiger charge is 2.41. The van der Waals surface area contributed by atoms with Gasteiger partial charge in [-0.25, -0.2) is 14.5 Å². The van der Waals surface area contributed by atoms with E-state index in [1.807, 2.05) is 26.0 Å². The molecule has 1 atom stereocenters. The van der Waals surface area contributed by atoms with Crippen LogP contribution in [0.1, 0.15) is 51.6 Å². The van der Waals surface area contributed by atoms with Gasteiger partial charge in [-0.1, -0.05) is 37.3 Å². The molecule has 0 aliphatic carbocycles. The van der Waals surface area contributed by atoms with E-state index in [1.54, 1.807) is 54.6 Å². The van der Waals surface area contributed by atoms with Crippen LogP contribution in [0.4, 0.5) is 0 Å². The van der Waals surface area contributed by atoms with Gasteiger partial charge in [0.15, 0.2) is 0 Å². The first-order chi connectivity index (χ1) is 15.5. The Hall–Kier alpha value is -4.13. The molecule has 32 heavy (non-hydrogen) atoms. The van der Waals surface area contributed by atoms with Gasteiger partial charge < -0.3 is 0 Å². The van der Waals surface area contributed by atoms with Crippen LogP contribution < -0.4 is 5.56 Å². The third kappa shape index (κ3) is 2.93. The first-order valence-electron chi connectivity index (χ1n) is 10.4. The standard InChI is InChI=1S/C25H20N4O3/c1-3-20(28-23(30)16-10-4-5-11-17(16)24(28)31)22-27-19-13-7-6-12-18(19)25(32)29(22)21-14-8-9-15(2)26-21/h4-14,20H,3H2,1-2H3/t20-/m1/s1. The summed E-state index contributed by atoms with van der Waals surface area (Å²) in [5.74, 6) is -0.0608. The fourth-order valence-corrected chi connectivity index (χ4v) is 4.22. The fourth-order valence-electron chi connectivity index (χ4n) is 4.22. The summed E-state index contributed by atoms with van der Waals surface area (Å²) < 4.78 is 1.42. The number of para-hydroxylation sites is 1. The summed E-state index contributed by atoms with van der Waals surface area (Å²) in [6.45, 7) is 3.70. The molecule has 4 aromatic rings. The van der Waals surface area contributed by atoms with Crippen molar-refractivity contribution in [3.63, 3.8) is 0 Å². The molecule has 158 valence electrons. The Morgan fingerprint density at radius 1 is 0.812 bits per heavy atom. The molecule has 0 fully saturated rings. The second kappa shape index (κ2) is 7.53. The van der Waals surface area contributed by atoms with E-state index < -0.39 is 6.04 Å². The van der Waals surface area contributed by atoms with E-state index in [1.165, 1.54) is 9.47 Å². The Bertz CT molecular complexity index is 1420. The number of rotatable bonds is 4. The van der Waals surface area contributed by atoms with Crippen molar-refractivity contribution in [1.82, 2.24) is 19.4 Å². The number of imide groups is 1. The number of carbonyl (C=O) groups excluding carboxylic acids is 2. The predicted octanol–water partition coefficient (Wildman–Crippen LogP) is 3.84. The van der Waals surface area contributed by atoms with E-state index >= 15 is 0 Å². The van der Waals surface area contributed by atoms with Crippen LogP contribution in [0.5, 0.6) is 0 Å². The number of aromatic nitrogens is 3. The summed E-state index contributed by atoms with van der Waals surface area (Å²) in [4.78, 5) is 50.5. The molecular formula is C25H20N4O3. The van der Waals surface area contributed by atoms with Crippen molar-refractivity contribution in [2.24, 2.45) is 0 Å². The summed E-state index contributed by atoms with van der Waals surface area (Å²) in [6, 6.07) is 18.4. The topological polar surface area (TPSA) is 85.2 Å². The zero-order valence-electron chi connectivity index (χ0n) is 17.6. The van der Waals surface area contributed by atoms with Gasteiger partial charge in [0.25, 0.3) is 17.4 Å². The minimum Gasteiger partial charge on any atom is -0.269 e. The molecule has 0 spiro atoms. The molecule has 7 heteroatoms. The average Bonchev–Trinajstić information content (AvgIpc) is 3.05. The number of aryl methyl sites for hydroxylation is 1. The molecule has 2 amide bonds. The first-order valence-corrected chi connectivity index (χ1v) is 10.4. The Morgan fingerprint density at radius 2 is 1.47 bits per heavy atom. The number of pyridine rings is 1. The number of carbonyl (C=O) groups is 2. The normalized spacial score (nSPS) is 14.1. The lowest BCUT2D eigenvalue weighted by Crippen LogP contribution is -2.38. The number of hydrogen-bond acceptors (Lipinski definition) is 5. The maximum atomic E-state index is 13.6. The minimum absolute atomic E-state index is 0.293. The van der Waals surface area contributed by atoms with Crippen molar-refractivity contribution in [2.45, 2.75) is 26.3 Å². The maximum Gasteiger partial charge on any atom is 0.267 e. The Labute approximate surface area is 184 Å². The van der Waals surface area contributed by atoms with Gasteiger partial charge in [-0.15, -0.1) is 0 Å². The van der Waals surface area contributed by atoms with Crippen molar-refractivity contribution in [3.05, 3.63) is 99.7 Å². The zero-order chi connectivity index (χ0) is 22.4. The van der Waals surface area contributed by atoms with Crippen molar-refractivity contribution in [2.75, 3.05) is 0 Å². The van der Waals surface area contributed by atoms with Crippen LogP contribution >= 0.6 is 0 Å². The molecule has 0 saturated heterocycles. The molecule has 0 radical (unpaired) electrons. The molecule has 7 nitrogen and oxygen atoms in total. The van der Waals surface area contributed by atoms with Crippen LogP contribution in [0.25, 0.3) is 16.7 Å². The number of fused-ring (bicyclic) bond motifs is 2. The number of amides is 2. The lowest BCUT2D eigenvalue weighted by Gasteiger charge is -2.27. The van der Waals surface area contributed by atoms with Gasteiger partial charge in [-0.05, 0) is 49.7 Å². The second-order valence-corrected chi connectivity index (χ2v) is 7.71. The van der Waals surface area contributed by atoms with Crippen molar-refractivity contribution in [3.8, 4) is 5.82 Å². The zero-order valence-corrected chi connectivity index (χ0v) is 17.6. The molecular weight excluding hydrogens is 404 g/mol. The van der Waals surface area contributed by atoms with E-state index in [0.29, 0.717) is 40.1 Å². The van der Waals surface area contributed by atoms with Crippen LogP contribution in [0, 0.1) is 6.92 Å². The Morgan fingerprint density at radius 3 is 2.12 bits per heavy atom. The molecule has 3 heterocycles. The van der Waals surface area contributed by atoms with Crippen LogP contribution in [0.15, 0.2) is 71.5 Å². The molecule has 5 rings (SSSR count). The highest BCUT2D eigenvalue weighted by molar-refractivity contribution is 6.21. The Kier molecular flexibility index (Phi) is 4.66. The van der Waals surface area contributed by atoms with Gasteiger partial charge in [-0.3, -0.25) is 19.3 Å². The number of nitrogens with zero attached hydrogens (tertiary/aromatic N) is 4. The molecule has 0 saturated carbocycles. The van der Waals surface area contributed by atoms with Crippen molar-refractivity contribution < 1.29 is 9.59 Å². The molecule has 0 bridgehead atoms. The van der Waals surface area contributed by atoms with Crippen molar-refractivity contribution in [1.29, 1.82) is 0 Å². The third-order valence-corrected chi connectivity index (χ3v) is 5.73. The van der Waals surface area contributed by atoms with E-state index in [0.717, 1.165) is 5.69 Å². The second-order valence-electron chi connectivity index (χ2n) is 7.71. The number of hydrogen-bond donors (Lipinski definition) is 0. The van der Waals surface area contributed by atoms with Crippen LogP contribution in [-0.4, -0.2) is 31.2 Å². The van der Waals surface area contributed by atoms with Gasteiger partial charge in [0, 0.05) is 5.69 Å². The van der Waals surface area contributed by atoms with E-state index in [9.17, 15) is 14.4 Å². The van der Waals surface area contributed by atoms with Gasteiger partial charge >= 0.3 is 0 Å². The highest BCUT2D eigenvalue weighted by atomic mass is 16.2. The van der Waals surface area contributed by atoms with E-state index in [4.69, 9.17) is 4.98 Å². The van der Waals surface area contributed by atoms with Crippen LogP contribution in [0.2, 0.25) is 0 Å². The van der Waals surface area contributed by atoms with Crippen LogP contribution in [-0.2, 0) is 0 Å². The molecule has 1 aliphatic heterocycles.